The number of hydrogen-bond donors (Lipinski definition) is 2. The Balaban J connectivity index is 2.21. The summed E-state index contributed by atoms with van der Waals surface area (Å²) in [6.45, 7) is 1.35. The Morgan fingerprint density at radius 3 is 3.00 bits per heavy atom. The van der Waals surface area contributed by atoms with Crippen LogP contribution in [0.3, 0.4) is 0 Å². The largest absolute Gasteiger partial charge is 0.481 e. The smallest absolute Gasteiger partial charge is 0.308 e. The van der Waals surface area contributed by atoms with E-state index in [9.17, 15) is 4.79 Å². The maximum absolute atomic E-state index is 10.9. The fourth-order valence-corrected chi connectivity index (χ4v) is 3.37. The molecule has 76 valence electrons. The first kappa shape index (κ1) is 10.1. The highest BCUT2D eigenvalue weighted by molar-refractivity contribution is 9.10. The minimum Gasteiger partial charge on any atom is -0.481 e. The van der Waals surface area contributed by atoms with Crippen LogP contribution in [0.5, 0.6) is 0 Å². The van der Waals surface area contributed by atoms with Gasteiger partial charge in [-0.2, -0.15) is 0 Å². The molecule has 1 saturated heterocycles. The SMILES string of the molecule is O=C(O)[C@H]1CNC[C@H]1c1cc(Br)cs1. The third kappa shape index (κ3) is 1.85. The third-order valence-corrected chi connectivity index (χ3v) is 4.31. The molecule has 0 spiro atoms. The van der Waals surface area contributed by atoms with Gasteiger partial charge in [-0.05, 0) is 22.0 Å². The number of aliphatic carboxylic acids is 1. The second kappa shape index (κ2) is 4.00. The Morgan fingerprint density at radius 2 is 2.43 bits per heavy atom. The van der Waals surface area contributed by atoms with Crippen molar-refractivity contribution in [1.82, 2.24) is 5.32 Å². The van der Waals surface area contributed by atoms with Crippen molar-refractivity contribution in [2.24, 2.45) is 5.92 Å². The monoisotopic (exact) mass is 275 g/mol. The molecule has 3 nitrogen and oxygen atoms in total. The summed E-state index contributed by atoms with van der Waals surface area (Å²) in [7, 11) is 0. The van der Waals surface area contributed by atoms with Gasteiger partial charge in [0.25, 0.3) is 0 Å². The van der Waals surface area contributed by atoms with E-state index in [1.807, 2.05) is 11.4 Å². The second-order valence-corrected chi connectivity index (χ2v) is 5.24. The molecule has 1 aliphatic rings. The molecule has 0 bridgehead atoms. The van der Waals surface area contributed by atoms with Crippen LogP contribution in [-0.4, -0.2) is 24.2 Å². The van der Waals surface area contributed by atoms with Crippen LogP contribution in [0.1, 0.15) is 10.8 Å². The molecule has 0 saturated carbocycles. The van der Waals surface area contributed by atoms with Gasteiger partial charge in [0.15, 0.2) is 0 Å². The van der Waals surface area contributed by atoms with E-state index in [-0.39, 0.29) is 11.8 Å². The fraction of sp³-hybridized carbons (Fsp3) is 0.444. The van der Waals surface area contributed by atoms with Gasteiger partial charge in [0.1, 0.15) is 0 Å². The zero-order valence-electron chi connectivity index (χ0n) is 7.37. The number of thiophene rings is 1. The Morgan fingerprint density at radius 1 is 1.64 bits per heavy atom. The zero-order valence-corrected chi connectivity index (χ0v) is 9.77. The van der Waals surface area contributed by atoms with E-state index in [1.165, 1.54) is 0 Å². The molecule has 0 aromatic carbocycles. The standard InChI is InChI=1S/C9H10BrNO2S/c10-5-1-8(14-4-5)6-2-11-3-7(6)9(12)13/h1,4,6-7,11H,2-3H2,(H,12,13)/t6-,7+/m1/s1. The maximum atomic E-state index is 10.9. The lowest BCUT2D eigenvalue weighted by atomic mass is 9.95. The summed E-state index contributed by atoms with van der Waals surface area (Å²) >= 11 is 5.00. The van der Waals surface area contributed by atoms with Gasteiger partial charge in [0, 0.05) is 33.7 Å². The predicted octanol–water partition coefficient (Wildman–Crippen LogP) is 1.90. The minimum atomic E-state index is -0.704. The summed E-state index contributed by atoms with van der Waals surface area (Å²) in [4.78, 5) is 12.1. The van der Waals surface area contributed by atoms with E-state index < -0.39 is 5.97 Å². The number of rotatable bonds is 2. The molecule has 2 rings (SSSR count). The van der Waals surface area contributed by atoms with Gasteiger partial charge in [-0.25, -0.2) is 0 Å². The average Bonchev–Trinajstić information content (AvgIpc) is 2.70. The number of halogens is 1. The molecule has 2 heterocycles. The van der Waals surface area contributed by atoms with Gasteiger partial charge in [0.2, 0.25) is 0 Å². The third-order valence-electron chi connectivity index (χ3n) is 2.48. The molecule has 2 atom stereocenters. The quantitative estimate of drug-likeness (QED) is 0.867. The lowest BCUT2D eigenvalue weighted by Crippen LogP contribution is -2.20. The Bertz CT molecular complexity index is 352. The first-order chi connectivity index (χ1) is 6.68. The van der Waals surface area contributed by atoms with Crippen LogP contribution in [0.25, 0.3) is 0 Å². The summed E-state index contributed by atoms with van der Waals surface area (Å²) in [6, 6.07) is 2.01. The molecule has 1 aliphatic heterocycles. The van der Waals surface area contributed by atoms with E-state index in [0.717, 1.165) is 15.9 Å². The van der Waals surface area contributed by atoms with Gasteiger partial charge < -0.3 is 10.4 Å². The van der Waals surface area contributed by atoms with Crippen LogP contribution in [0, 0.1) is 5.92 Å². The maximum Gasteiger partial charge on any atom is 0.308 e. The van der Waals surface area contributed by atoms with Crippen LogP contribution >= 0.6 is 27.3 Å². The highest BCUT2D eigenvalue weighted by Crippen LogP contribution is 2.34. The Kier molecular flexibility index (Phi) is 2.90. The van der Waals surface area contributed by atoms with Crippen LogP contribution in [0.4, 0.5) is 0 Å². The van der Waals surface area contributed by atoms with E-state index in [0.29, 0.717) is 6.54 Å². The summed E-state index contributed by atoms with van der Waals surface area (Å²) in [5, 5.41) is 14.1. The van der Waals surface area contributed by atoms with Gasteiger partial charge in [0.05, 0.1) is 5.92 Å². The van der Waals surface area contributed by atoms with E-state index in [2.05, 4.69) is 21.2 Å². The highest BCUT2D eigenvalue weighted by Gasteiger charge is 2.34. The van der Waals surface area contributed by atoms with Crippen LogP contribution < -0.4 is 5.32 Å². The molecule has 1 aromatic heterocycles. The number of carboxylic acid groups (broad SMARTS) is 1. The second-order valence-electron chi connectivity index (χ2n) is 3.38. The van der Waals surface area contributed by atoms with Gasteiger partial charge in [-0.1, -0.05) is 0 Å². The molecular formula is C9H10BrNO2S. The molecule has 0 unspecified atom stereocenters. The highest BCUT2D eigenvalue weighted by atomic mass is 79.9. The molecule has 0 amide bonds. The lowest BCUT2D eigenvalue weighted by molar-refractivity contribution is -0.141. The average molecular weight is 276 g/mol. The lowest BCUT2D eigenvalue weighted by Gasteiger charge is -2.11. The van der Waals surface area contributed by atoms with E-state index in [1.54, 1.807) is 11.3 Å². The normalized spacial score (nSPS) is 26.6. The molecule has 5 heteroatoms. The number of carboxylic acids is 1. The molecule has 0 aliphatic carbocycles. The van der Waals surface area contributed by atoms with Crippen molar-refractivity contribution in [1.29, 1.82) is 0 Å². The molecule has 2 N–H and O–H groups in total. The topological polar surface area (TPSA) is 49.3 Å². The van der Waals surface area contributed by atoms with Crippen LogP contribution in [-0.2, 0) is 4.79 Å². The number of carbonyl (C=O) groups is 1. The van der Waals surface area contributed by atoms with Crippen LogP contribution in [0.15, 0.2) is 15.9 Å². The molecule has 1 fully saturated rings. The van der Waals surface area contributed by atoms with Crippen molar-refractivity contribution in [2.45, 2.75) is 5.92 Å². The van der Waals surface area contributed by atoms with Crippen molar-refractivity contribution in [3.8, 4) is 0 Å². The summed E-state index contributed by atoms with van der Waals surface area (Å²) in [6.07, 6.45) is 0. The van der Waals surface area contributed by atoms with Crippen molar-refractivity contribution in [2.75, 3.05) is 13.1 Å². The van der Waals surface area contributed by atoms with E-state index >= 15 is 0 Å². The first-order valence-corrected chi connectivity index (χ1v) is 6.03. The summed E-state index contributed by atoms with van der Waals surface area (Å²) in [5.74, 6) is -0.853. The molecule has 1 aromatic rings. The predicted molar refractivity (Wildman–Crippen MR) is 58.8 cm³/mol. The number of hydrogen-bond acceptors (Lipinski definition) is 3. The van der Waals surface area contributed by atoms with Crippen molar-refractivity contribution in [3.63, 3.8) is 0 Å². The first-order valence-electron chi connectivity index (χ1n) is 4.36. The zero-order chi connectivity index (χ0) is 10.1. The van der Waals surface area contributed by atoms with E-state index in [4.69, 9.17) is 5.11 Å². The van der Waals surface area contributed by atoms with Gasteiger partial charge in [-0.15, -0.1) is 11.3 Å². The van der Waals surface area contributed by atoms with Crippen molar-refractivity contribution in [3.05, 3.63) is 20.8 Å². The minimum absolute atomic E-state index is 0.129. The number of nitrogens with one attached hydrogen (secondary N) is 1. The van der Waals surface area contributed by atoms with Crippen molar-refractivity contribution >= 4 is 33.2 Å². The summed E-state index contributed by atoms with van der Waals surface area (Å²) < 4.78 is 1.04. The Hall–Kier alpha value is -0.390. The van der Waals surface area contributed by atoms with Crippen molar-refractivity contribution < 1.29 is 9.90 Å². The molecule has 0 radical (unpaired) electrons. The molecule has 14 heavy (non-hydrogen) atoms. The molecular weight excluding hydrogens is 266 g/mol. The van der Waals surface area contributed by atoms with Gasteiger partial charge in [-0.3, -0.25) is 4.79 Å². The van der Waals surface area contributed by atoms with Gasteiger partial charge >= 0.3 is 5.97 Å². The van der Waals surface area contributed by atoms with Crippen LogP contribution in [0.2, 0.25) is 0 Å². The summed E-state index contributed by atoms with van der Waals surface area (Å²) in [5.41, 5.74) is 0. The Labute approximate surface area is 94.3 Å². The fourth-order valence-electron chi connectivity index (χ4n) is 1.76.